The fraction of sp³-hybridized carbons (Fsp3) is 0.357. The van der Waals surface area contributed by atoms with Crippen LogP contribution in [0.4, 0.5) is 4.39 Å². The Morgan fingerprint density at radius 3 is 2.78 bits per heavy atom. The minimum absolute atomic E-state index is 0.272. The van der Waals surface area contributed by atoms with Crippen LogP contribution in [0.15, 0.2) is 29.8 Å². The maximum absolute atomic E-state index is 12.9. The lowest BCUT2D eigenvalue weighted by molar-refractivity contribution is -0.138. The minimum atomic E-state index is -0.288. The summed E-state index contributed by atoms with van der Waals surface area (Å²) in [7, 11) is 0. The molecule has 2 rings (SSSR count). The highest BCUT2D eigenvalue weighted by Crippen LogP contribution is 2.25. The minimum Gasteiger partial charge on any atom is -0.463 e. The van der Waals surface area contributed by atoms with Gasteiger partial charge in [0.15, 0.2) is 0 Å². The third-order valence-electron chi connectivity index (χ3n) is 2.93. The predicted molar refractivity (Wildman–Crippen MR) is 67.4 cm³/mol. The van der Waals surface area contributed by atoms with E-state index < -0.39 is 0 Å². The molecule has 1 aliphatic heterocycles. The maximum atomic E-state index is 12.9. The summed E-state index contributed by atoms with van der Waals surface area (Å²) in [5.74, 6) is -0.560. The largest absolute Gasteiger partial charge is 0.463 e. The van der Waals surface area contributed by atoms with Crippen molar-refractivity contribution < 1.29 is 13.9 Å². The molecule has 0 aliphatic carbocycles. The number of nitrogens with one attached hydrogen (secondary N) is 1. The predicted octanol–water partition coefficient (Wildman–Crippen LogP) is 2.14. The molecule has 1 aliphatic rings. The van der Waals surface area contributed by atoms with E-state index in [1.807, 2.05) is 0 Å². The molecule has 0 unspecified atom stereocenters. The average Bonchev–Trinajstić information content (AvgIpc) is 2.40. The molecule has 3 nitrogen and oxygen atoms in total. The van der Waals surface area contributed by atoms with Crippen LogP contribution in [0.2, 0.25) is 0 Å². The van der Waals surface area contributed by atoms with Crippen LogP contribution in [0.25, 0.3) is 5.57 Å². The van der Waals surface area contributed by atoms with E-state index in [0.717, 1.165) is 24.1 Å². The Bertz CT molecular complexity index is 465. The molecule has 1 N–H and O–H groups in total. The molecule has 0 radical (unpaired) electrons. The third kappa shape index (κ3) is 2.76. The van der Waals surface area contributed by atoms with Gasteiger partial charge in [-0.25, -0.2) is 9.18 Å². The quantitative estimate of drug-likeness (QED) is 0.834. The van der Waals surface area contributed by atoms with Gasteiger partial charge in [-0.05, 0) is 43.2 Å². The highest BCUT2D eigenvalue weighted by molar-refractivity contribution is 5.98. The van der Waals surface area contributed by atoms with Crippen LogP contribution >= 0.6 is 0 Å². The second kappa shape index (κ2) is 5.78. The number of carbonyl (C=O) groups excluding carboxylic acids is 1. The topological polar surface area (TPSA) is 38.3 Å². The summed E-state index contributed by atoms with van der Waals surface area (Å²) in [5, 5.41) is 3.15. The van der Waals surface area contributed by atoms with Gasteiger partial charge in [0.1, 0.15) is 5.82 Å². The number of esters is 1. The van der Waals surface area contributed by atoms with Crippen molar-refractivity contribution in [2.24, 2.45) is 0 Å². The molecule has 0 amide bonds. The molecule has 4 heteroatoms. The summed E-state index contributed by atoms with van der Waals surface area (Å²) in [6, 6.07) is 6.23. The molecule has 0 saturated heterocycles. The van der Waals surface area contributed by atoms with E-state index in [0.29, 0.717) is 18.7 Å². The molecule has 0 atom stereocenters. The van der Waals surface area contributed by atoms with Crippen LogP contribution in [0.5, 0.6) is 0 Å². The molecule has 0 fully saturated rings. The van der Waals surface area contributed by atoms with E-state index in [1.165, 1.54) is 12.1 Å². The van der Waals surface area contributed by atoms with Crippen molar-refractivity contribution in [1.29, 1.82) is 0 Å². The summed E-state index contributed by atoms with van der Waals surface area (Å²) in [4.78, 5) is 11.9. The molecule has 1 aromatic carbocycles. The summed E-state index contributed by atoms with van der Waals surface area (Å²) < 4.78 is 18.0. The van der Waals surface area contributed by atoms with Crippen molar-refractivity contribution in [1.82, 2.24) is 5.32 Å². The van der Waals surface area contributed by atoms with E-state index in [-0.39, 0.29) is 11.8 Å². The third-order valence-corrected chi connectivity index (χ3v) is 2.93. The SMILES string of the molecule is CCOC(=O)C1=C(c2ccc(F)cc2)CCNC1. The molecular formula is C14H16FNO2. The van der Waals surface area contributed by atoms with Gasteiger partial charge in [0.2, 0.25) is 0 Å². The van der Waals surface area contributed by atoms with Crippen molar-refractivity contribution in [2.45, 2.75) is 13.3 Å². The molecule has 0 saturated carbocycles. The Morgan fingerprint density at radius 2 is 2.11 bits per heavy atom. The van der Waals surface area contributed by atoms with E-state index in [9.17, 15) is 9.18 Å². The molecule has 1 heterocycles. The highest BCUT2D eigenvalue weighted by atomic mass is 19.1. The van der Waals surface area contributed by atoms with Gasteiger partial charge in [0, 0.05) is 6.54 Å². The zero-order chi connectivity index (χ0) is 13.0. The Hall–Kier alpha value is -1.68. The summed E-state index contributed by atoms with van der Waals surface area (Å²) >= 11 is 0. The van der Waals surface area contributed by atoms with Crippen molar-refractivity contribution in [2.75, 3.05) is 19.7 Å². The van der Waals surface area contributed by atoms with Gasteiger partial charge in [-0.15, -0.1) is 0 Å². The van der Waals surface area contributed by atoms with Crippen LogP contribution in [0.3, 0.4) is 0 Å². The number of hydrogen-bond acceptors (Lipinski definition) is 3. The number of hydrogen-bond donors (Lipinski definition) is 1. The van der Waals surface area contributed by atoms with Gasteiger partial charge in [0.25, 0.3) is 0 Å². The fourth-order valence-electron chi connectivity index (χ4n) is 2.07. The van der Waals surface area contributed by atoms with Crippen molar-refractivity contribution in [3.05, 3.63) is 41.2 Å². The number of halogens is 1. The van der Waals surface area contributed by atoms with E-state index >= 15 is 0 Å². The van der Waals surface area contributed by atoms with Crippen LogP contribution in [-0.2, 0) is 9.53 Å². The Balaban J connectivity index is 2.35. The molecule has 1 aromatic rings. The molecule has 18 heavy (non-hydrogen) atoms. The van der Waals surface area contributed by atoms with Gasteiger partial charge in [0.05, 0.1) is 12.2 Å². The summed E-state index contributed by atoms with van der Waals surface area (Å²) in [6.07, 6.45) is 0.750. The zero-order valence-corrected chi connectivity index (χ0v) is 10.3. The van der Waals surface area contributed by atoms with Crippen LogP contribution in [-0.4, -0.2) is 25.7 Å². The van der Waals surface area contributed by atoms with Crippen LogP contribution in [0, 0.1) is 5.82 Å². The smallest absolute Gasteiger partial charge is 0.335 e. The highest BCUT2D eigenvalue weighted by Gasteiger charge is 2.20. The average molecular weight is 249 g/mol. The fourth-order valence-corrected chi connectivity index (χ4v) is 2.07. The monoisotopic (exact) mass is 249 g/mol. The number of ether oxygens (including phenoxy) is 1. The number of rotatable bonds is 3. The Morgan fingerprint density at radius 1 is 1.39 bits per heavy atom. The van der Waals surface area contributed by atoms with Crippen LogP contribution in [0.1, 0.15) is 18.9 Å². The van der Waals surface area contributed by atoms with E-state index in [1.54, 1.807) is 19.1 Å². The molecule has 0 aromatic heterocycles. The first-order valence-electron chi connectivity index (χ1n) is 6.08. The maximum Gasteiger partial charge on any atom is 0.335 e. The number of benzene rings is 1. The Kier molecular flexibility index (Phi) is 4.10. The van der Waals surface area contributed by atoms with Gasteiger partial charge in [-0.1, -0.05) is 12.1 Å². The summed E-state index contributed by atoms with van der Waals surface area (Å²) in [6.45, 7) is 3.46. The van der Waals surface area contributed by atoms with E-state index in [2.05, 4.69) is 5.32 Å². The molecule has 0 bridgehead atoms. The van der Waals surface area contributed by atoms with Gasteiger partial charge < -0.3 is 10.1 Å². The van der Waals surface area contributed by atoms with Crippen molar-refractivity contribution in [3.63, 3.8) is 0 Å². The lowest BCUT2D eigenvalue weighted by Gasteiger charge is -2.20. The van der Waals surface area contributed by atoms with Crippen LogP contribution < -0.4 is 5.32 Å². The standard InChI is InChI=1S/C14H16FNO2/c1-2-18-14(17)13-9-16-8-7-12(13)10-3-5-11(15)6-4-10/h3-6,16H,2,7-9H2,1H3. The first-order valence-corrected chi connectivity index (χ1v) is 6.08. The first kappa shape index (κ1) is 12.8. The van der Waals surface area contributed by atoms with Crippen molar-refractivity contribution in [3.8, 4) is 0 Å². The lowest BCUT2D eigenvalue weighted by atomic mass is 9.94. The lowest BCUT2D eigenvalue weighted by Crippen LogP contribution is -2.29. The first-order chi connectivity index (χ1) is 8.72. The summed E-state index contributed by atoms with van der Waals surface area (Å²) in [5.41, 5.74) is 2.49. The van der Waals surface area contributed by atoms with Gasteiger partial charge in [-0.2, -0.15) is 0 Å². The van der Waals surface area contributed by atoms with E-state index in [4.69, 9.17) is 4.74 Å². The zero-order valence-electron chi connectivity index (χ0n) is 10.3. The molecular weight excluding hydrogens is 233 g/mol. The Labute approximate surface area is 106 Å². The molecule has 96 valence electrons. The normalized spacial score (nSPS) is 15.7. The second-order valence-corrected chi connectivity index (χ2v) is 4.11. The molecule has 0 spiro atoms. The van der Waals surface area contributed by atoms with Gasteiger partial charge in [-0.3, -0.25) is 0 Å². The van der Waals surface area contributed by atoms with Crippen molar-refractivity contribution >= 4 is 11.5 Å². The number of carbonyl (C=O) groups is 1. The van der Waals surface area contributed by atoms with Gasteiger partial charge >= 0.3 is 5.97 Å². The second-order valence-electron chi connectivity index (χ2n) is 4.11.